The number of nitrogens with zero attached hydrogens (tertiary/aromatic N) is 1. The van der Waals surface area contributed by atoms with E-state index >= 15 is 0 Å². The first-order valence-electron chi connectivity index (χ1n) is 8.54. The van der Waals surface area contributed by atoms with Crippen molar-refractivity contribution in [3.8, 4) is 5.75 Å². The number of aromatic nitrogens is 1. The van der Waals surface area contributed by atoms with Gasteiger partial charge in [-0.15, -0.1) is 0 Å². The van der Waals surface area contributed by atoms with Crippen LogP contribution in [-0.4, -0.2) is 24.5 Å². The summed E-state index contributed by atoms with van der Waals surface area (Å²) in [5.74, 6) is 0.566. The summed E-state index contributed by atoms with van der Waals surface area (Å²) in [5, 5.41) is 5.98. The van der Waals surface area contributed by atoms with Crippen LogP contribution in [0, 0.1) is 5.82 Å². The van der Waals surface area contributed by atoms with Gasteiger partial charge in [0.1, 0.15) is 17.4 Å². The zero-order valence-electron chi connectivity index (χ0n) is 14.9. The van der Waals surface area contributed by atoms with Gasteiger partial charge < -0.3 is 15.4 Å². The molecule has 2 N–H and O–H groups in total. The second-order valence-corrected chi connectivity index (χ2v) is 5.92. The van der Waals surface area contributed by atoms with Crippen molar-refractivity contribution in [3.63, 3.8) is 0 Å². The highest BCUT2D eigenvalue weighted by molar-refractivity contribution is 6.03. The number of hydrogen-bond donors (Lipinski definition) is 2. The van der Waals surface area contributed by atoms with Crippen molar-refractivity contribution in [2.75, 3.05) is 24.3 Å². The summed E-state index contributed by atoms with van der Waals surface area (Å²) in [6.45, 7) is 0.759. The van der Waals surface area contributed by atoms with E-state index in [1.54, 1.807) is 19.4 Å². The van der Waals surface area contributed by atoms with Gasteiger partial charge in [-0.3, -0.25) is 4.79 Å². The minimum atomic E-state index is -0.380. The Morgan fingerprint density at radius 3 is 2.41 bits per heavy atom. The van der Waals surface area contributed by atoms with Crippen molar-refractivity contribution < 1.29 is 13.9 Å². The molecule has 0 aliphatic rings. The molecule has 0 atom stereocenters. The van der Waals surface area contributed by atoms with Crippen LogP contribution in [0.4, 0.5) is 15.9 Å². The minimum Gasteiger partial charge on any atom is -0.497 e. The molecule has 5 nitrogen and oxygen atoms in total. The number of amides is 1. The van der Waals surface area contributed by atoms with Gasteiger partial charge in [0.25, 0.3) is 5.91 Å². The number of pyridine rings is 1. The van der Waals surface area contributed by atoms with Crippen molar-refractivity contribution in [2.24, 2.45) is 0 Å². The molecule has 0 radical (unpaired) electrons. The van der Waals surface area contributed by atoms with Crippen LogP contribution in [0.5, 0.6) is 5.75 Å². The fourth-order valence-corrected chi connectivity index (χ4v) is 2.51. The van der Waals surface area contributed by atoms with Gasteiger partial charge >= 0.3 is 0 Å². The molecule has 0 saturated carbocycles. The van der Waals surface area contributed by atoms with Gasteiger partial charge in [0.15, 0.2) is 0 Å². The molecule has 0 bridgehead atoms. The highest BCUT2D eigenvalue weighted by atomic mass is 19.1. The van der Waals surface area contributed by atoms with Crippen LogP contribution in [0.1, 0.15) is 15.9 Å². The van der Waals surface area contributed by atoms with Crippen LogP contribution in [0.2, 0.25) is 0 Å². The lowest BCUT2D eigenvalue weighted by atomic mass is 10.1. The maximum atomic E-state index is 12.9. The maximum Gasteiger partial charge on any atom is 0.256 e. The molecule has 0 aliphatic carbocycles. The molecule has 0 aliphatic heterocycles. The number of carbonyl (C=O) groups is 1. The molecule has 6 heteroatoms. The van der Waals surface area contributed by atoms with Crippen LogP contribution in [0.25, 0.3) is 0 Å². The Kier molecular flexibility index (Phi) is 5.99. The zero-order chi connectivity index (χ0) is 19.1. The van der Waals surface area contributed by atoms with Crippen LogP contribution in [0.15, 0.2) is 66.9 Å². The summed E-state index contributed by atoms with van der Waals surface area (Å²) in [7, 11) is 1.65. The molecule has 3 aromatic rings. The lowest BCUT2D eigenvalue weighted by Crippen LogP contribution is -2.13. The Balaban J connectivity index is 1.49. The average Bonchev–Trinajstić information content (AvgIpc) is 2.70. The van der Waals surface area contributed by atoms with Crippen molar-refractivity contribution >= 4 is 17.4 Å². The number of benzene rings is 2. The predicted octanol–water partition coefficient (Wildman–Crippen LogP) is 4.14. The number of rotatable bonds is 7. The topological polar surface area (TPSA) is 63.2 Å². The summed E-state index contributed by atoms with van der Waals surface area (Å²) in [6, 6.07) is 16.9. The van der Waals surface area contributed by atoms with Crippen molar-refractivity contribution in [3.05, 3.63) is 83.8 Å². The number of carbonyl (C=O) groups excluding carboxylic acids is 1. The quantitative estimate of drug-likeness (QED) is 0.661. The fraction of sp³-hybridized carbons (Fsp3) is 0.143. The second-order valence-electron chi connectivity index (χ2n) is 5.92. The van der Waals surface area contributed by atoms with Crippen molar-refractivity contribution in [2.45, 2.75) is 6.42 Å². The van der Waals surface area contributed by atoms with E-state index in [-0.39, 0.29) is 11.7 Å². The van der Waals surface area contributed by atoms with Gasteiger partial charge in [-0.25, -0.2) is 9.37 Å². The molecular weight excluding hydrogens is 345 g/mol. The number of nitrogens with one attached hydrogen (secondary N) is 2. The molecule has 0 unspecified atom stereocenters. The maximum absolute atomic E-state index is 12.9. The molecular formula is C21H20FN3O2. The summed E-state index contributed by atoms with van der Waals surface area (Å²) in [4.78, 5) is 16.3. The van der Waals surface area contributed by atoms with Gasteiger partial charge in [-0.1, -0.05) is 12.1 Å². The van der Waals surface area contributed by atoms with E-state index in [1.807, 2.05) is 30.3 Å². The smallest absolute Gasteiger partial charge is 0.256 e. The molecule has 3 rings (SSSR count). The van der Waals surface area contributed by atoms with E-state index in [0.717, 1.165) is 24.4 Å². The highest BCUT2D eigenvalue weighted by Gasteiger charge is 2.07. The van der Waals surface area contributed by atoms with E-state index in [9.17, 15) is 9.18 Å². The largest absolute Gasteiger partial charge is 0.497 e. The van der Waals surface area contributed by atoms with Gasteiger partial charge in [-0.2, -0.15) is 0 Å². The van der Waals surface area contributed by atoms with Gasteiger partial charge in [0.2, 0.25) is 0 Å². The van der Waals surface area contributed by atoms with E-state index < -0.39 is 0 Å². The molecule has 1 heterocycles. The standard InChI is InChI=1S/C21H20FN3O2/c1-27-19-9-2-15(3-10-19)12-13-23-18-8-11-20(24-14-18)25-21(26)16-4-6-17(22)7-5-16/h2-11,14,23H,12-13H2,1H3,(H,24,25,26). The summed E-state index contributed by atoms with van der Waals surface area (Å²) < 4.78 is 18.1. The summed E-state index contributed by atoms with van der Waals surface area (Å²) in [6.07, 6.45) is 2.53. The SMILES string of the molecule is COc1ccc(CCNc2ccc(NC(=O)c3ccc(F)cc3)nc2)cc1. The summed E-state index contributed by atoms with van der Waals surface area (Å²) >= 11 is 0. The minimum absolute atomic E-state index is 0.331. The predicted molar refractivity (Wildman–Crippen MR) is 104 cm³/mol. The third kappa shape index (κ3) is 5.28. The molecule has 0 saturated heterocycles. The Labute approximate surface area is 157 Å². The van der Waals surface area contributed by atoms with Crippen LogP contribution in [-0.2, 0) is 6.42 Å². The molecule has 1 amide bonds. The van der Waals surface area contributed by atoms with Gasteiger partial charge in [-0.05, 0) is 60.5 Å². The summed E-state index contributed by atoms with van der Waals surface area (Å²) in [5.41, 5.74) is 2.45. The fourth-order valence-electron chi connectivity index (χ4n) is 2.51. The van der Waals surface area contributed by atoms with Gasteiger partial charge in [0.05, 0.1) is 19.0 Å². The van der Waals surface area contributed by atoms with E-state index in [1.165, 1.54) is 29.8 Å². The normalized spacial score (nSPS) is 10.3. The first-order valence-corrected chi connectivity index (χ1v) is 8.54. The number of ether oxygens (including phenoxy) is 1. The van der Waals surface area contributed by atoms with Gasteiger partial charge in [0, 0.05) is 12.1 Å². The Morgan fingerprint density at radius 2 is 1.78 bits per heavy atom. The second kappa shape index (κ2) is 8.80. The third-order valence-electron chi connectivity index (χ3n) is 4.01. The number of anilines is 2. The molecule has 2 aromatic carbocycles. The zero-order valence-corrected chi connectivity index (χ0v) is 14.9. The third-order valence-corrected chi connectivity index (χ3v) is 4.01. The molecule has 138 valence electrons. The first-order chi connectivity index (χ1) is 13.1. The number of hydrogen-bond acceptors (Lipinski definition) is 4. The van der Waals surface area contributed by atoms with Crippen molar-refractivity contribution in [1.29, 1.82) is 0 Å². The number of methoxy groups -OCH3 is 1. The van der Waals surface area contributed by atoms with E-state index in [4.69, 9.17) is 4.74 Å². The average molecular weight is 365 g/mol. The van der Waals surface area contributed by atoms with Crippen LogP contribution < -0.4 is 15.4 Å². The van der Waals surface area contributed by atoms with Crippen LogP contribution in [0.3, 0.4) is 0 Å². The molecule has 0 fully saturated rings. The lowest BCUT2D eigenvalue weighted by molar-refractivity contribution is 0.102. The Hall–Kier alpha value is -3.41. The lowest BCUT2D eigenvalue weighted by Gasteiger charge is -2.08. The molecule has 1 aromatic heterocycles. The molecule has 0 spiro atoms. The van der Waals surface area contributed by atoms with Crippen molar-refractivity contribution in [1.82, 2.24) is 4.98 Å². The Bertz CT molecular complexity index is 879. The molecule has 27 heavy (non-hydrogen) atoms. The number of halogens is 1. The van der Waals surface area contributed by atoms with E-state index in [2.05, 4.69) is 15.6 Å². The monoisotopic (exact) mass is 365 g/mol. The highest BCUT2D eigenvalue weighted by Crippen LogP contribution is 2.14. The van der Waals surface area contributed by atoms with Crippen LogP contribution >= 0.6 is 0 Å². The first kappa shape index (κ1) is 18.4. The van der Waals surface area contributed by atoms with E-state index in [0.29, 0.717) is 11.4 Å². The Morgan fingerprint density at radius 1 is 1.04 bits per heavy atom.